The number of hydrogen-bond donors (Lipinski definition) is 8. The Balaban J connectivity index is 0.874. The smallest absolute Gasteiger partial charge is 0.315 e. The molecule has 8 N–H and O–H groups in total. The third-order valence-corrected chi connectivity index (χ3v) is 12.1. The van der Waals surface area contributed by atoms with Gasteiger partial charge < -0.3 is 52.0 Å². The molecule has 1 aromatic carbocycles. The van der Waals surface area contributed by atoms with Crippen molar-refractivity contribution in [3.8, 4) is 0 Å². The van der Waals surface area contributed by atoms with E-state index in [0.29, 0.717) is 29.6 Å². The number of carbonyl (C=O) groups excluding carboxylic acids is 8. The highest BCUT2D eigenvalue weighted by Crippen LogP contribution is 2.33. The van der Waals surface area contributed by atoms with E-state index in [-0.39, 0.29) is 86.6 Å². The first kappa shape index (κ1) is 43.5. The van der Waals surface area contributed by atoms with Gasteiger partial charge in [-0.3, -0.25) is 38.5 Å². The van der Waals surface area contributed by atoms with Gasteiger partial charge in [-0.05, 0) is 42.8 Å². The van der Waals surface area contributed by atoms with Crippen molar-refractivity contribution in [3.05, 3.63) is 60.2 Å². The summed E-state index contributed by atoms with van der Waals surface area (Å²) >= 11 is 7.40. The summed E-state index contributed by atoms with van der Waals surface area (Å²) in [5.41, 5.74) is 2.22. The topological polar surface area (TPSA) is 259 Å². The van der Waals surface area contributed by atoms with Gasteiger partial charge in [0.05, 0.1) is 31.5 Å². The van der Waals surface area contributed by atoms with E-state index in [1.165, 1.54) is 16.1 Å². The highest BCUT2D eigenvalue weighted by molar-refractivity contribution is 8.00. The molecule has 3 fully saturated rings. The molecule has 9 amide bonds. The molecule has 320 valence electrons. The number of benzene rings is 1. The Labute approximate surface area is 355 Å². The van der Waals surface area contributed by atoms with Crippen LogP contribution in [0, 0.1) is 0 Å². The minimum Gasteiger partial charge on any atom is -0.352 e. The maximum absolute atomic E-state index is 13.4. The zero-order chi connectivity index (χ0) is 42.6. The third kappa shape index (κ3) is 12.3. The SMILES string of the molecule is O=C(CCCC[C@@H]1SC[C@@H]2NC(=O)N[C@@H]21)NCc1ccc(NC(=S)N[C@@H](Cc2cnc[nH]2)C(=O)NCC(=O)N2CCN(C(=O)CNC(=O)CN3C(=O)C=CC3=O)CC2)cc1. The van der Waals surface area contributed by atoms with Gasteiger partial charge in [0.25, 0.3) is 11.8 Å². The largest absolute Gasteiger partial charge is 0.352 e. The minimum atomic E-state index is -0.871. The maximum Gasteiger partial charge on any atom is 0.315 e. The van der Waals surface area contributed by atoms with Crippen LogP contribution in [0.1, 0.15) is 36.9 Å². The number of nitrogens with one attached hydrogen (secondary N) is 8. The van der Waals surface area contributed by atoms with Crippen LogP contribution in [0.5, 0.6) is 0 Å². The highest BCUT2D eigenvalue weighted by Gasteiger charge is 2.42. The number of imide groups is 1. The number of aromatic amines is 1. The van der Waals surface area contributed by atoms with Crippen molar-refractivity contribution < 1.29 is 38.4 Å². The molecule has 60 heavy (non-hydrogen) atoms. The van der Waals surface area contributed by atoms with Gasteiger partial charge in [-0.15, -0.1) is 0 Å². The maximum atomic E-state index is 13.4. The van der Waals surface area contributed by atoms with Gasteiger partial charge in [-0.25, -0.2) is 9.78 Å². The molecule has 5 heterocycles. The number of hydrogen-bond acceptors (Lipinski definition) is 11. The second-order valence-corrected chi connectivity index (χ2v) is 16.3. The molecule has 3 saturated heterocycles. The number of urea groups is 1. The summed E-state index contributed by atoms with van der Waals surface area (Å²) in [5, 5.41) is 20.6. The Kier molecular flexibility index (Phi) is 15.1. The van der Waals surface area contributed by atoms with E-state index in [9.17, 15) is 38.4 Å². The lowest BCUT2D eigenvalue weighted by molar-refractivity contribution is -0.142. The van der Waals surface area contributed by atoms with Gasteiger partial charge in [0.15, 0.2) is 5.11 Å². The molecule has 20 nitrogen and oxygen atoms in total. The zero-order valence-electron chi connectivity index (χ0n) is 32.7. The standard InChI is InChI=1S/C38H48N12O8S2/c51-29(4-2-1-3-28-35-27(21-60-28)45-37(58)47-35)40-16-23-5-7-24(8-6-23)44-38(59)46-26(15-25-17-39-22-43-25)36(57)42-19-34(56)49-13-11-48(12-14-49)33(55)18-41-30(52)20-50-31(53)9-10-32(50)54/h5-10,17,22,26-28,35H,1-4,11-16,18-21H2,(H,39,43)(H,40,51)(H,41,52)(H,42,57)(H2,44,46,59)(H2,45,47,58)/t26-,27-,28-,35-/m0/s1. The fourth-order valence-electron chi connectivity index (χ4n) is 7.10. The first-order chi connectivity index (χ1) is 28.9. The van der Waals surface area contributed by atoms with E-state index in [2.05, 4.69) is 47.2 Å². The van der Waals surface area contributed by atoms with Crippen molar-refractivity contribution in [1.29, 1.82) is 0 Å². The van der Waals surface area contributed by atoms with Crippen LogP contribution in [0.15, 0.2) is 48.9 Å². The van der Waals surface area contributed by atoms with Crippen molar-refractivity contribution in [2.24, 2.45) is 0 Å². The fraction of sp³-hybridized carbons (Fsp3) is 0.474. The third-order valence-electron chi connectivity index (χ3n) is 10.4. The number of imidazole rings is 1. The van der Waals surface area contributed by atoms with Gasteiger partial charge in [-0.1, -0.05) is 18.6 Å². The number of thiocarbonyl (C=S) groups is 1. The highest BCUT2D eigenvalue weighted by atomic mass is 32.2. The predicted octanol–water partition coefficient (Wildman–Crippen LogP) is -1.52. The molecule has 0 bridgehead atoms. The van der Waals surface area contributed by atoms with Crippen molar-refractivity contribution in [1.82, 2.24) is 56.6 Å². The second-order valence-electron chi connectivity index (χ2n) is 14.6. The van der Waals surface area contributed by atoms with Crippen molar-refractivity contribution >= 4 is 82.2 Å². The van der Waals surface area contributed by atoms with Crippen LogP contribution in [-0.2, 0) is 46.5 Å². The number of fused-ring (bicyclic) bond motifs is 1. The number of amides is 9. The normalized spacial score (nSPS) is 19.9. The number of aromatic nitrogens is 2. The van der Waals surface area contributed by atoms with E-state index in [4.69, 9.17) is 12.2 Å². The van der Waals surface area contributed by atoms with Gasteiger partial charge in [0, 0.05) is 86.3 Å². The molecule has 1 aromatic heterocycles. The first-order valence-corrected chi connectivity index (χ1v) is 21.1. The summed E-state index contributed by atoms with van der Waals surface area (Å²) in [5.74, 6) is -2.16. The summed E-state index contributed by atoms with van der Waals surface area (Å²) < 4.78 is 0. The monoisotopic (exact) mass is 864 g/mol. The molecule has 22 heteroatoms. The van der Waals surface area contributed by atoms with Gasteiger partial charge in [0.1, 0.15) is 12.6 Å². The predicted molar refractivity (Wildman–Crippen MR) is 223 cm³/mol. The quantitative estimate of drug-likeness (QED) is 0.0367. The number of thioether (sulfide) groups is 1. The first-order valence-electron chi connectivity index (χ1n) is 19.6. The summed E-state index contributed by atoms with van der Waals surface area (Å²) in [4.78, 5) is 109. The molecule has 4 aliphatic heterocycles. The molecular formula is C38H48N12O8S2. The van der Waals surface area contributed by atoms with Crippen LogP contribution in [-0.4, -0.2) is 152 Å². The number of carbonyl (C=O) groups is 8. The molecule has 0 unspecified atom stereocenters. The molecule has 0 radical (unpaired) electrons. The molecule has 0 spiro atoms. The summed E-state index contributed by atoms with van der Waals surface area (Å²) in [6.07, 6.45) is 8.46. The average molecular weight is 865 g/mol. The minimum absolute atomic E-state index is 0.0264. The molecule has 0 saturated carbocycles. The van der Waals surface area contributed by atoms with Crippen LogP contribution in [0.2, 0.25) is 0 Å². The molecule has 4 atom stereocenters. The van der Waals surface area contributed by atoms with E-state index < -0.39 is 36.2 Å². The number of H-pyrrole nitrogens is 1. The summed E-state index contributed by atoms with van der Waals surface area (Å²) in [6, 6.07) is 6.74. The van der Waals surface area contributed by atoms with Gasteiger partial charge >= 0.3 is 6.03 Å². The molecule has 4 aliphatic rings. The fourth-order valence-corrected chi connectivity index (χ4v) is 8.90. The van der Waals surface area contributed by atoms with Crippen molar-refractivity contribution in [2.75, 3.05) is 56.9 Å². The van der Waals surface area contributed by atoms with Crippen LogP contribution in [0.3, 0.4) is 0 Å². The van der Waals surface area contributed by atoms with Gasteiger partial charge in [-0.2, -0.15) is 11.8 Å². The molecule has 6 rings (SSSR count). The van der Waals surface area contributed by atoms with E-state index >= 15 is 0 Å². The molecule has 0 aliphatic carbocycles. The van der Waals surface area contributed by atoms with Crippen LogP contribution in [0.4, 0.5) is 10.5 Å². The Morgan fingerprint density at radius 3 is 2.22 bits per heavy atom. The lowest BCUT2D eigenvalue weighted by Crippen LogP contribution is -2.55. The number of piperazine rings is 1. The van der Waals surface area contributed by atoms with Crippen molar-refractivity contribution in [2.45, 2.75) is 62.0 Å². The Bertz CT molecular complexity index is 1950. The number of unbranched alkanes of at least 4 members (excludes halogenated alkanes) is 1. The molecular weight excluding hydrogens is 817 g/mol. The Morgan fingerprint density at radius 1 is 0.867 bits per heavy atom. The number of anilines is 1. The average Bonchev–Trinajstić information content (AvgIpc) is 4.04. The van der Waals surface area contributed by atoms with Crippen LogP contribution in [0.25, 0.3) is 0 Å². The number of nitrogens with zero attached hydrogens (tertiary/aromatic N) is 4. The van der Waals surface area contributed by atoms with E-state index in [1.807, 2.05) is 36.0 Å². The van der Waals surface area contributed by atoms with Crippen molar-refractivity contribution in [3.63, 3.8) is 0 Å². The van der Waals surface area contributed by atoms with Crippen LogP contribution >= 0.6 is 24.0 Å². The molecule has 2 aromatic rings. The van der Waals surface area contributed by atoms with E-state index in [0.717, 1.165) is 47.6 Å². The lowest BCUT2D eigenvalue weighted by Gasteiger charge is -2.35. The summed E-state index contributed by atoms with van der Waals surface area (Å²) in [6.45, 7) is 0.120. The zero-order valence-corrected chi connectivity index (χ0v) is 34.3. The van der Waals surface area contributed by atoms with E-state index in [1.54, 1.807) is 6.20 Å². The Morgan fingerprint density at radius 2 is 1.55 bits per heavy atom. The lowest BCUT2D eigenvalue weighted by atomic mass is 10.0. The van der Waals surface area contributed by atoms with Gasteiger partial charge in [0.2, 0.25) is 29.5 Å². The van der Waals surface area contributed by atoms with Crippen LogP contribution < -0.4 is 37.2 Å². The second kappa shape index (κ2) is 20.8. The Hall–Kier alpha value is -6.03. The number of rotatable bonds is 18. The summed E-state index contributed by atoms with van der Waals surface area (Å²) in [7, 11) is 0.